The molecule has 2 heterocycles. The number of nitrogens with zero attached hydrogens (tertiary/aromatic N) is 2. The molecular formula is C25H26FN3O3. The summed E-state index contributed by atoms with van der Waals surface area (Å²) in [6.07, 6.45) is 5.42. The number of aromatic nitrogens is 2. The van der Waals surface area contributed by atoms with Crippen LogP contribution in [-0.2, 0) is 12.0 Å². The maximum absolute atomic E-state index is 13.6. The van der Waals surface area contributed by atoms with Gasteiger partial charge in [0.05, 0.1) is 22.5 Å². The van der Waals surface area contributed by atoms with E-state index in [1.807, 2.05) is 30.5 Å². The van der Waals surface area contributed by atoms with Gasteiger partial charge in [-0.3, -0.25) is 9.36 Å². The Morgan fingerprint density at radius 1 is 1.22 bits per heavy atom. The average Bonchev–Trinajstić information content (AvgIpc) is 3.37. The molecule has 0 bridgehead atoms. The van der Waals surface area contributed by atoms with E-state index in [1.54, 1.807) is 0 Å². The van der Waals surface area contributed by atoms with E-state index in [0.29, 0.717) is 23.1 Å². The van der Waals surface area contributed by atoms with Crippen molar-refractivity contribution >= 4 is 22.6 Å². The maximum Gasteiger partial charge on any atom is 0.337 e. The first kappa shape index (κ1) is 20.7. The number of hydrogen-bond donors (Lipinski definition) is 2. The largest absolute Gasteiger partial charge is 0.478 e. The Hall–Kier alpha value is -3.22. The minimum absolute atomic E-state index is 0.000390. The van der Waals surface area contributed by atoms with E-state index in [4.69, 9.17) is 4.98 Å². The lowest BCUT2D eigenvalue weighted by Gasteiger charge is -2.24. The minimum Gasteiger partial charge on any atom is -0.478 e. The Kier molecular flexibility index (Phi) is 4.80. The van der Waals surface area contributed by atoms with Gasteiger partial charge in [-0.1, -0.05) is 18.9 Å². The van der Waals surface area contributed by atoms with Crippen molar-refractivity contribution in [3.63, 3.8) is 0 Å². The van der Waals surface area contributed by atoms with Crippen LogP contribution in [0.25, 0.3) is 10.9 Å². The summed E-state index contributed by atoms with van der Waals surface area (Å²) in [7, 11) is 0. The summed E-state index contributed by atoms with van der Waals surface area (Å²) in [6.45, 7) is 4.55. The standard InChI is InChI=1S/C25H26FN3O3/c1-14-11-17(15(2)27-20-6-5-16(26)13-18(20)23(31)32)21-19(12-14)22(30)29-10-9-25(24(29)28-21)7-3-4-8-25/h5-6,11-13,15,27H,3-4,7-10H2,1-2H3,(H,31,32)/t15-/m1/s1. The van der Waals surface area contributed by atoms with Crippen molar-refractivity contribution in [1.82, 2.24) is 9.55 Å². The molecule has 2 aliphatic rings. The summed E-state index contributed by atoms with van der Waals surface area (Å²) in [4.78, 5) is 30.1. The van der Waals surface area contributed by atoms with Gasteiger partial charge in [0.25, 0.3) is 5.56 Å². The number of benzene rings is 2. The zero-order chi connectivity index (χ0) is 22.6. The van der Waals surface area contributed by atoms with Gasteiger partial charge >= 0.3 is 5.97 Å². The summed E-state index contributed by atoms with van der Waals surface area (Å²) in [5.41, 5.74) is 2.63. The predicted molar refractivity (Wildman–Crippen MR) is 121 cm³/mol. The second-order valence-corrected chi connectivity index (χ2v) is 9.24. The molecule has 2 N–H and O–H groups in total. The lowest BCUT2D eigenvalue weighted by Crippen LogP contribution is -2.27. The summed E-state index contributed by atoms with van der Waals surface area (Å²) < 4.78 is 15.5. The van der Waals surface area contributed by atoms with E-state index >= 15 is 0 Å². The van der Waals surface area contributed by atoms with Crippen molar-refractivity contribution < 1.29 is 14.3 Å². The van der Waals surface area contributed by atoms with Crippen LogP contribution in [0.3, 0.4) is 0 Å². The number of hydrogen-bond acceptors (Lipinski definition) is 4. The van der Waals surface area contributed by atoms with Gasteiger partial charge in [-0.15, -0.1) is 0 Å². The van der Waals surface area contributed by atoms with Crippen molar-refractivity contribution in [1.29, 1.82) is 0 Å². The predicted octanol–water partition coefficient (Wildman–Crippen LogP) is 4.93. The minimum atomic E-state index is -1.20. The Morgan fingerprint density at radius 2 is 1.97 bits per heavy atom. The van der Waals surface area contributed by atoms with E-state index in [9.17, 15) is 19.1 Å². The van der Waals surface area contributed by atoms with Crippen LogP contribution in [0, 0.1) is 12.7 Å². The Morgan fingerprint density at radius 3 is 2.69 bits per heavy atom. The molecule has 1 atom stereocenters. The van der Waals surface area contributed by atoms with Crippen LogP contribution in [0.4, 0.5) is 10.1 Å². The quantitative estimate of drug-likeness (QED) is 0.607. The van der Waals surface area contributed by atoms with Gasteiger partial charge in [0, 0.05) is 23.2 Å². The van der Waals surface area contributed by atoms with Gasteiger partial charge in [-0.05, 0) is 62.9 Å². The maximum atomic E-state index is 13.6. The fourth-order valence-electron chi connectivity index (χ4n) is 5.54. The fourth-order valence-corrected chi connectivity index (χ4v) is 5.54. The lowest BCUT2D eigenvalue weighted by molar-refractivity contribution is 0.0697. The number of carbonyl (C=O) groups is 1. The van der Waals surface area contributed by atoms with Crippen molar-refractivity contribution in [2.45, 2.75) is 64.0 Å². The fraction of sp³-hybridized carbons (Fsp3) is 0.400. The molecule has 2 aromatic carbocycles. The molecule has 1 fully saturated rings. The third-order valence-corrected chi connectivity index (χ3v) is 7.13. The van der Waals surface area contributed by atoms with Gasteiger partial charge in [-0.25, -0.2) is 14.2 Å². The topological polar surface area (TPSA) is 84.2 Å². The Balaban J connectivity index is 1.64. The van der Waals surface area contributed by atoms with E-state index in [2.05, 4.69) is 5.32 Å². The van der Waals surface area contributed by atoms with Gasteiger partial charge in [0.1, 0.15) is 11.6 Å². The van der Waals surface area contributed by atoms with Gasteiger partial charge in [0.15, 0.2) is 0 Å². The summed E-state index contributed by atoms with van der Waals surface area (Å²) in [5, 5.41) is 13.3. The number of anilines is 1. The molecule has 1 spiro atoms. The number of aryl methyl sites for hydroxylation is 1. The number of nitrogens with one attached hydrogen (secondary N) is 1. The molecule has 1 aliphatic heterocycles. The summed E-state index contributed by atoms with van der Waals surface area (Å²) in [5.74, 6) is -0.905. The SMILES string of the molecule is Cc1cc([C@@H](C)Nc2ccc(F)cc2C(=O)O)c2nc3n(c(=O)c2c1)CCC31CCCC1. The van der Waals surface area contributed by atoms with Gasteiger partial charge in [-0.2, -0.15) is 0 Å². The second kappa shape index (κ2) is 7.43. The van der Waals surface area contributed by atoms with Crippen LogP contribution in [0.15, 0.2) is 35.1 Å². The van der Waals surface area contributed by atoms with Crippen molar-refractivity contribution in [2.75, 3.05) is 5.32 Å². The lowest BCUT2D eigenvalue weighted by atomic mass is 9.84. The highest BCUT2D eigenvalue weighted by atomic mass is 19.1. The van der Waals surface area contributed by atoms with Crippen LogP contribution >= 0.6 is 0 Å². The Bertz CT molecular complexity index is 1310. The number of fused-ring (bicyclic) bond motifs is 3. The van der Waals surface area contributed by atoms with Crippen LogP contribution in [0.1, 0.15) is 72.4 Å². The number of carboxylic acids is 1. The molecule has 6 nitrogen and oxygen atoms in total. The number of aromatic carboxylic acids is 1. The third-order valence-electron chi connectivity index (χ3n) is 7.13. The molecule has 0 amide bonds. The molecule has 0 radical (unpaired) electrons. The molecule has 1 aliphatic carbocycles. The number of halogens is 1. The van der Waals surface area contributed by atoms with E-state index in [-0.39, 0.29) is 22.6 Å². The molecule has 3 aromatic rings. The highest BCUT2D eigenvalue weighted by Crippen LogP contribution is 2.46. The number of carboxylic acid groups (broad SMARTS) is 1. The first-order chi connectivity index (χ1) is 15.3. The first-order valence-electron chi connectivity index (χ1n) is 11.1. The molecular weight excluding hydrogens is 409 g/mol. The first-order valence-corrected chi connectivity index (χ1v) is 11.1. The summed E-state index contributed by atoms with van der Waals surface area (Å²) in [6, 6.07) is 7.21. The van der Waals surface area contributed by atoms with Crippen molar-refractivity contribution in [2.24, 2.45) is 0 Å². The van der Waals surface area contributed by atoms with Crippen molar-refractivity contribution in [3.05, 3.63) is 69.0 Å². The molecule has 1 aromatic heterocycles. The molecule has 166 valence electrons. The molecule has 5 rings (SSSR count). The van der Waals surface area contributed by atoms with Crippen molar-refractivity contribution in [3.8, 4) is 0 Å². The molecule has 0 unspecified atom stereocenters. The van der Waals surface area contributed by atoms with Crippen LogP contribution in [-0.4, -0.2) is 20.6 Å². The Labute approximate surface area is 185 Å². The summed E-state index contributed by atoms with van der Waals surface area (Å²) >= 11 is 0. The molecule has 32 heavy (non-hydrogen) atoms. The normalized spacial score (nSPS) is 17.6. The van der Waals surface area contributed by atoms with Crippen LogP contribution in [0.2, 0.25) is 0 Å². The van der Waals surface area contributed by atoms with Crippen LogP contribution in [0.5, 0.6) is 0 Å². The zero-order valence-electron chi connectivity index (χ0n) is 18.2. The zero-order valence-corrected chi connectivity index (χ0v) is 18.2. The second-order valence-electron chi connectivity index (χ2n) is 9.24. The highest BCUT2D eigenvalue weighted by Gasteiger charge is 2.43. The molecule has 1 saturated carbocycles. The molecule has 7 heteroatoms. The number of rotatable bonds is 4. The highest BCUT2D eigenvalue weighted by molar-refractivity contribution is 5.94. The van der Waals surface area contributed by atoms with E-state index in [1.165, 1.54) is 12.1 Å². The van der Waals surface area contributed by atoms with Gasteiger partial charge in [0.2, 0.25) is 0 Å². The average molecular weight is 435 g/mol. The molecule has 0 saturated heterocycles. The van der Waals surface area contributed by atoms with E-state index in [0.717, 1.165) is 55.1 Å². The van der Waals surface area contributed by atoms with Gasteiger partial charge < -0.3 is 10.4 Å². The third kappa shape index (κ3) is 3.18. The smallest absolute Gasteiger partial charge is 0.337 e. The van der Waals surface area contributed by atoms with Crippen LogP contribution < -0.4 is 10.9 Å². The van der Waals surface area contributed by atoms with E-state index < -0.39 is 11.8 Å². The monoisotopic (exact) mass is 435 g/mol.